The number of rotatable bonds is 7. The maximum absolute atomic E-state index is 6.13. The third-order valence-corrected chi connectivity index (χ3v) is 2.98. The zero-order valence-electron chi connectivity index (χ0n) is 12.8. The standard InChI is InChI=1S/C14H23ClN2O3/c1-10-11(15)16-13(14(2,3)4)17-12(10)20-9-8-19-7-6-18-5/h6-9H2,1-5H3. The molecule has 0 saturated carbocycles. The van der Waals surface area contributed by atoms with Crippen molar-refractivity contribution in [1.82, 2.24) is 9.97 Å². The van der Waals surface area contributed by atoms with Crippen molar-refractivity contribution in [3.05, 3.63) is 16.5 Å². The van der Waals surface area contributed by atoms with Crippen LogP contribution in [0.4, 0.5) is 0 Å². The summed E-state index contributed by atoms with van der Waals surface area (Å²) in [6.07, 6.45) is 0. The van der Waals surface area contributed by atoms with E-state index in [1.165, 1.54) is 0 Å². The fourth-order valence-corrected chi connectivity index (χ4v) is 1.55. The first-order chi connectivity index (χ1) is 9.36. The van der Waals surface area contributed by atoms with Gasteiger partial charge in [-0.15, -0.1) is 0 Å². The Hall–Kier alpha value is -0.910. The van der Waals surface area contributed by atoms with Crippen molar-refractivity contribution < 1.29 is 14.2 Å². The van der Waals surface area contributed by atoms with Gasteiger partial charge in [-0.3, -0.25) is 0 Å². The smallest absolute Gasteiger partial charge is 0.221 e. The lowest BCUT2D eigenvalue weighted by Crippen LogP contribution is -2.18. The average Bonchev–Trinajstić information content (AvgIpc) is 2.37. The molecule has 0 spiro atoms. The van der Waals surface area contributed by atoms with Crippen LogP contribution in [0.25, 0.3) is 0 Å². The predicted octanol–water partition coefficient (Wildman–Crippen LogP) is 2.78. The first kappa shape index (κ1) is 17.1. The van der Waals surface area contributed by atoms with E-state index in [1.54, 1.807) is 7.11 Å². The monoisotopic (exact) mass is 302 g/mol. The predicted molar refractivity (Wildman–Crippen MR) is 78.7 cm³/mol. The minimum Gasteiger partial charge on any atom is -0.475 e. The minimum atomic E-state index is -0.176. The lowest BCUT2D eigenvalue weighted by Gasteiger charge is -2.19. The van der Waals surface area contributed by atoms with Gasteiger partial charge in [0, 0.05) is 18.1 Å². The summed E-state index contributed by atoms with van der Waals surface area (Å²) in [5.41, 5.74) is 0.571. The van der Waals surface area contributed by atoms with Crippen molar-refractivity contribution in [2.24, 2.45) is 0 Å². The summed E-state index contributed by atoms with van der Waals surface area (Å²) in [7, 11) is 1.64. The highest BCUT2D eigenvalue weighted by Crippen LogP contribution is 2.27. The molecule has 0 aromatic carbocycles. The second kappa shape index (κ2) is 7.76. The van der Waals surface area contributed by atoms with E-state index in [0.29, 0.717) is 43.3 Å². The molecule has 1 rings (SSSR count). The Morgan fingerprint density at radius 3 is 2.30 bits per heavy atom. The molecular formula is C14H23ClN2O3. The fraction of sp³-hybridized carbons (Fsp3) is 0.714. The first-order valence-electron chi connectivity index (χ1n) is 6.60. The minimum absolute atomic E-state index is 0.176. The molecule has 0 saturated heterocycles. The van der Waals surface area contributed by atoms with E-state index in [1.807, 2.05) is 27.7 Å². The summed E-state index contributed by atoms with van der Waals surface area (Å²) in [6.45, 7) is 9.97. The van der Waals surface area contributed by atoms with Gasteiger partial charge in [0.05, 0.1) is 19.8 Å². The van der Waals surface area contributed by atoms with Crippen LogP contribution in [0.5, 0.6) is 5.88 Å². The van der Waals surface area contributed by atoms with Crippen LogP contribution in [-0.4, -0.2) is 43.5 Å². The molecule has 6 heteroatoms. The van der Waals surface area contributed by atoms with E-state index >= 15 is 0 Å². The van der Waals surface area contributed by atoms with Crippen molar-refractivity contribution in [1.29, 1.82) is 0 Å². The number of hydrogen-bond acceptors (Lipinski definition) is 5. The molecule has 5 nitrogen and oxygen atoms in total. The second-order valence-corrected chi connectivity index (χ2v) is 5.83. The Morgan fingerprint density at radius 1 is 1.05 bits per heavy atom. The van der Waals surface area contributed by atoms with Crippen molar-refractivity contribution in [3.8, 4) is 5.88 Å². The van der Waals surface area contributed by atoms with Gasteiger partial charge >= 0.3 is 0 Å². The van der Waals surface area contributed by atoms with Crippen molar-refractivity contribution in [2.45, 2.75) is 33.1 Å². The molecule has 0 aliphatic heterocycles. The van der Waals surface area contributed by atoms with E-state index in [-0.39, 0.29) is 5.41 Å². The summed E-state index contributed by atoms with van der Waals surface area (Å²) in [5.74, 6) is 1.19. The van der Waals surface area contributed by atoms with E-state index in [4.69, 9.17) is 25.8 Å². The molecule has 0 aliphatic rings. The first-order valence-corrected chi connectivity index (χ1v) is 6.98. The van der Waals surface area contributed by atoms with Crippen molar-refractivity contribution >= 4 is 11.6 Å². The third-order valence-electron chi connectivity index (χ3n) is 2.61. The van der Waals surface area contributed by atoms with Crippen LogP contribution in [0.3, 0.4) is 0 Å². The Bertz CT molecular complexity index is 433. The summed E-state index contributed by atoms with van der Waals surface area (Å²) >= 11 is 6.13. The zero-order chi connectivity index (χ0) is 15.2. The topological polar surface area (TPSA) is 53.5 Å². The molecule has 20 heavy (non-hydrogen) atoms. The Morgan fingerprint density at radius 2 is 1.70 bits per heavy atom. The number of ether oxygens (including phenoxy) is 3. The number of nitrogens with zero attached hydrogens (tertiary/aromatic N) is 2. The van der Waals surface area contributed by atoms with Gasteiger partial charge in [-0.1, -0.05) is 32.4 Å². The summed E-state index contributed by atoms with van der Waals surface area (Å²) in [6, 6.07) is 0. The normalized spacial score (nSPS) is 11.7. The molecule has 0 unspecified atom stereocenters. The molecule has 0 bridgehead atoms. The summed E-state index contributed by atoms with van der Waals surface area (Å²) in [5, 5.41) is 0.431. The van der Waals surface area contributed by atoms with Crippen LogP contribution in [0, 0.1) is 6.92 Å². The Balaban J connectivity index is 2.63. The summed E-state index contributed by atoms with van der Waals surface area (Å²) in [4.78, 5) is 8.74. The van der Waals surface area contributed by atoms with Crippen LogP contribution in [0.2, 0.25) is 5.15 Å². The number of halogens is 1. The van der Waals surface area contributed by atoms with Gasteiger partial charge in [0.1, 0.15) is 17.6 Å². The number of aromatic nitrogens is 2. The Labute approximate surface area is 125 Å². The van der Waals surface area contributed by atoms with Crippen LogP contribution >= 0.6 is 11.6 Å². The average molecular weight is 303 g/mol. The molecule has 0 atom stereocenters. The molecule has 0 radical (unpaired) electrons. The van der Waals surface area contributed by atoms with Gasteiger partial charge < -0.3 is 14.2 Å². The van der Waals surface area contributed by atoms with Crippen LogP contribution < -0.4 is 4.74 Å². The van der Waals surface area contributed by atoms with Gasteiger partial charge in [-0.25, -0.2) is 4.98 Å². The van der Waals surface area contributed by atoms with Gasteiger partial charge in [-0.05, 0) is 6.92 Å². The van der Waals surface area contributed by atoms with Gasteiger partial charge in [0.2, 0.25) is 5.88 Å². The van der Waals surface area contributed by atoms with E-state index in [9.17, 15) is 0 Å². The molecular weight excluding hydrogens is 280 g/mol. The molecule has 114 valence electrons. The van der Waals surface area contributed by atoms with Gasteiger partial charge in [0.15, 0.2) is 0 Å². The van der Waals surface area contributed by atoms with Gasteiger partial charge in [-0.2, -0.15) is 4.98 Å². The highest BCUT2D eigenvalue weighted by molar-refractivity contribution is 6.30. The van der Waals surface area contributed by atoms with Crippen LogP contribution in [0.15, 0.2) is 0 Å². The molecule has 0 amide bonds. The SMILES string of the molecule is COCCOCCOc1nc(C(C)(C)C)nc(Cl)c1C. The van der Waals surface area contributed by atoms with E-state index in [2.05, 4.69) is 9.97 Å². The molecule has 0 aliphatic carbocycles. The molecule has 1 aromatic heterocycles. The maximum Gasteiger partial charge on any atom is 0.221 e. The third kappa shape index (κ3) is 5.23. The maximum atomic E-state index is 6.13. The number of methoxy groups -OCH3 is 1. The van der Waals surface area contributed by atoms with Crippen LogP contribution in [0.1, 0.15) is 32.2 Å². The second-order valence-electron chi connectivity index (χ2n) is 5.47. The summed E-state index contributed by atoms with van der Waals surface area (Å²) < 4.78 is 15.9. The highest BCUT2D eigenvalue weighted by atomic mass is 35.5. The quantitative estimate of drug-likeness (QED) is 0.572. The lowest BCUT2D eigenvalue weighted by molar-refractivity contribution is 0.0534. The largest absolute Gasteiger partial charge is 0.475 e. The molecule has 1 heterocycles. The fourth-order valence-electron chi connectivity index (χ4n) is 1.39. The van der Waals surface area contributed by atoms with Crippen molar-refractivity contribution in [3.63, 3.8) is 0 Å². The Kier molecular flexibility index (Phi) is 6.65. The van der Waals surface area contributed by atoms with E-state index < -0.39 is 0 Å². The molecule has 1 aromatic rings. The zero-order valence-corrected chi connectivity index (χ0v) is 13.6. The van der Waals surface area contributed by atoms with E-state index in [0.717, 1.165) is 5.56 Å². The number of hydrogen-bond donors (Lipinski definition) is 0. The molecule has 0 fully saturated rings. The van der Waals surface area contributed by atoms with Crippen molar-refractivity contribution in [2.75, 3.05) is 33.5 Å². The lowest BCUT2D eigenvalue weighted by atomic mass is 9.96. The van der Waals surface area contributed by atoms with Crippen LogP contribution in [-0.2, 0) is 14.9 Å². The molecule has 0 N–H and O–H groups in total. The van der Waals surface area contributed by atoms with Gasteiger partial charge in [0.25, 0.3) is 0 Å². The highest BCUT2D eigenvalue weighted by Gasteiger charge is 2.21.